The number of hydrogen-bond acceptors (Lipinski definition) is 0. The Morgan fingerprint density at radius 1 is 0.783 bits per heavy atom. The van der Waals surface area contributed by atoms with Gasteiger partial charge in [0.25, 0.3) is 0 Å². The molecule has 0 saturated heterocycles. The molecule has 0 aliphatic carbocycles. The van der Waals surface area contributed by atoms with Crippen molar-refractivity contribution in [1.82, 2.24) is 0 Å². The lowest BCUT2D eigenvalue weighted by Gasteiger charge is -1.98. The Morgan fingerprint density at radius 2 is 1.39 bits per heavy atom. The van der Waals surface area contributed by atoms with Gasteiger partial charge in [0.1, 0.15) is 0 Å². The van der Waals surface area contributed by atoms with E-state index in [1.165, 1.54) is 17.7 Å². The van der Waals surface area contributed by atoms with Gasteiger partial charge in [-0.2, -0.15) is 0 Å². The molecule has 0 amide bonds. The van der Waals surface area contributed by atoms with E-state index in [-0.39, 0.29) is 0 Å². The minimum Gasteiger partial charge on any atom is -0.204 e. The monoisotopic (exact) mass is 360 g/mol. The van der Waals surface area contributed by atoms with Crippen LogP contribution in [-0.4, -0.2) is 0 Å². The third-order valence-electron chi connectivity index (χ3n) is 2.91. The second kappa shape index (κ2) is 12.3. The number of benzene rings is 2. The molecule has 0 atom stereocenters. The van der Waals surface area contributed by atoms with Crippen molar-refractivity contribution in [2.75, 3.05) is 0 Å². The summed E-state index contributed by atoms with van der Waals surface area (Å²) in [7, 11) is 0. The number of halogens is 4. The largest absolute Gasteiger partial charge is 0.204 e. The molecule has 0 bridgehead atoms. The first-order valence-corrected chi connectivity index (χ1v) is 8.61. The molecule has 0 aliphatic rings. The van der Waals surface area contributed by atoms with Gasteiger partial charge in [-0.25, -0.2) is 8.78 Å². The molecular weight excluding hydrogens is 337 g/mol. The summed E-state index contributed by atoms with van der Waals surface area (Å²) in [5, 5.41) is 1.26. The van der Waals surface area contributed by atoms with Gasteiger partial charge in [-0.3, -0.25) is 0 Å². The van der Waals surface area contributed by atoms with Crippen molar-refractivity contribution in [2.24, 2.45) is 0 Å². The second-order valence-corrected chi connectivity index (χ2v) is 5.41. The third-order valence-corrected chi connectivity index (χ3v) is 3.65. The molecule has 0 fully saturated rings. The van der Waals surface area contributed by atoms with E-state index in [4.69, 9.17) is 23.2 Å². The number of aryl methyl sites for hydroxylation is 2. The minimum atomic E-state index is -0.773. The van der Waals surface area contributed by atoms with Crippen molar-refractivity contribution < 1.29 is 8.78 Å². The SMILES string of the molecule is CC.CCCc1ccc(F)c(F)c1.CCc1ccc(Cl)c(Cl)c1. The molecule has 23 heavy (non-hydrogen) atoms. The predicted molar refractivity (Wildman–Crippen MR) is 97.5 cm³/mol. The van der Waals surface area contributed by atoms with Gasteiger partial charge < -0.3 is 0 Å². The van der Waals surface area contributed by atoms with Gasteiger partial charge in [-0.15, -0.1) is 0 Å². The van der Waals surface area contributed by atoms with E-state index in [1.54, 1.807) is 6.07 Å². The topological polar surface area (TPSA) is 0 Å². The van der Waals surface area contributed by atoms with Crippen LogP contribution in [0.25, 0.3) is 0 Å². The molecule has 0 nitrogen and oxygen atoms in total. The summed E-state index contributed by atoms with van der Waals surface area (Å²) in [6.45, 7) is 8.08. The highest BCUT2D eigenvalue weighted by Crippen LogP contribution is 2.22. The maximum absolute atomic E-state index is 12.5. The van der Waals surface area contributed by atoms with Crippen molar-refractivity contribution in [3.8, 4) is 0 Å². The lowest BCUT2D eigenvalue weighted by atomic mass is 10.1. The van der Waals surface area contributed by atoms with Crippen LogP contribution in [0.3, 0.4) is 0 Å². The third kappa shape index (κ3) is 8.34. The Labute approximate surface area is 148 Å². The lowest BCUT2D eigenvalue weighted by Crippen LogP contribution is -1.88. The van der Waals surface area contributed by atoms with Crippen molar-refractivity contribution in [3.05, 3.63) is 69.2 Å². The zero-order valence-electron chi connectivity index (χ0n) is 14.1. The second-order valence-electron chi connectivity index (χ2n) is 4.60. The number of hydrogen-bond donors (Lipinski definition) is 0. The summed E-state index contributed by atoms with van der Waals surface area (Å²) in [6, 6.07) is 9.72. The van der Waals surface area contributed by atoms with E-state index >= 15 is 0 Å². The summed E-state index contributed by atoms with van der Waals surface area (Å²) >= 11 is 11.5. The van der Waals surface area contributed by atoms with E-state index < -0.39 is 11.6 Å². The first-order chi connectivity index (χ1) is 11.0. The lowest BCUT2D eigenvalue weighted by molar-refractivity contribution is 0.507. The summed E-state index contributed by atoms with van der Waals surface area (Å²) in [6.07, 6.45) is 2.75. The normalized spacial score (nSPS) is 9.39. The van der Waals surface area contributed by atoms with Crippen LogP contribution in [0, 0.1) is 11.6 Å². The molecule has 0 unspecified atom stereocenters. The van der Waals surface area contributed by atoms with Crippen molar-refractivity contribution in [2.45, 2.75) is 47.0 Å². The van der Waals surface area contributed by atoms with Gasteiger partial charge in [-0.05, 0) is 48.2 Å². The molecule has 2 aromatic carbocycles. The Balaban J connectivity index is 0.000000381. The van der Waals surface area contributed by atoms with Crippen LogP contribution in [0.2, 0.25) is 10.0 Å². The van der Waals surface area contributed by atoms with Crippen LogP contribution in [0.15, 0.2) is 36.4 Å². The quantitative estimate of drug-likeness (QED) is 0.531. The van der Waals surface area contributed by atoms with E-state index in [0.717, 1.165) is 24.8 Å². The van der Waals surface area contributed by atoms with Crippen molar-refractivity contribution >= 4 is 23.2 Å². The van der Waals surface area contributed by atoms with Gasteiger partial charge in [0.15, 0.2) is 11.6 Å². The first kappa shape index (κ1) is 21.9. The van der Waals surface area contributed by atoms with Gasteiger partial charge in [0.2, 0.25) is 0 Å². The van der Waals surface area contributed by atoms with Crippen LogP contribution in [-0.2, 0) is 12.8 Å². The fourth-order valence-electron chi connectivity index (χ4n) is 1.74. The standard InChI is InChI=1S/C9H10F2.C8H8Cl2.C2H6/c1-2-3-7-4-5-8(10)9(11)6-7;1-2-6-3-4-7(9)8(10)5-6;1-2/h4-6H,2-3H2,1H3;3-5H,2H2,1H3;1-2H3. The highest BCUT2D eigenvalue weighted by molar-refractivity contribution is 6.42. The molecule has 0 heterocycles. The molecule has 0 aliphatic heterocycles. The first-order valence-electron chi connectivity index (χ1n) is 7.85. The van der Waals surface area contributed by atoms with E-state index in [0.29, 0.717) is 10.0 Å². The zero-order chi connectivity index (χ0) is 17.8. The fraction of sp³-hybridized carbons (Fsp3) is 0.368. The van der Waals surface area contributed by atoms with E-state index in [1.807, 2.05) is 39.0 Å². The van der Waals surface area contributed by atoms with Gasteiger partial charge in [-0.1, -0.05) is 69.5 Å². The fourth-order valence-corrected chi connectivity index (χ4v) is 2.06. The average molecular weight is 361 g/mol. The van der Waals surface area contributed by atoms with Crippen LogP contribution < -0.4 is 0 Å². The molecular formula is C19H24Cl2F2. The molecule has 0 saturated carbocycles. The smallest absolute Gasteiger partial charge is 0.159 e. The Morgan fingerprint density at radius 3 is 1.87 bits per heavy atom. The van der Waals surface area contributed by atoms with Crippen LogP contribution >= 0.6 is 23.2 Å². The molecule has 128 valence electrons. The summed E-state index contributed by atoms with van der Waals surface area (Å²) < 4.78 is 24.9. The summed E-state index contributed by atoms with van der Waals surface area (Å²) in [4.78, 5) is 0. The molecule has 2 aromatic rings. The highest BCUT2D eigenvalue weighted by Gasteiger charge is 2.00. The Bertz CT molecular complexity index is 584. The highest BCUT2D eigenvalue weighted by atomic mass is 35.5. The summed E-state index contributed by atoms with van der Waals surface area (Å²) in [5.41, 5.74) is 2.07. The van der Waals surface area contributed by atoms with Crippen LogP contribution in [0.5, 0.6) is 0 Å². The molecule has 2 rings (SSSR count). The van der Waals surface area contributed by atoms with Gasteiger partial charge in [0.05, 0.1) is 10.0 Å². The van der Waals surface area contributed by atoms with Gasteiger partial charge >= 0.3 is 0 Å². The molecule has 0 radical (unpaired) electrons. The molecule has 0 N–H and O–H groups in total. The van der Waals surface area contributed by atoms with Crippen molar-refractivity contribution in [1.29, 1.82) is 0 Å². The maximum atomic E-state index is 12.5. The Hall–Kier alpha value is -1.12. The molecule has 0 aromatic heterocycles. The average Bonchev–Trinajstić information content (AvgIpc) is 2.56. The molecule has 0 spiro atoms. The van der Waals surface area contributed by atoms with E-state index in [9.17, 15) is 8.78 Å². The number of rotatable bonds is 3. The predicted octanol–water partition coefficient (Wildman–Crippen LogP) is 7.50. The summed E-state index contributed by atoms with van der Waals surface area (Å²) in [5.74, 6) is -1.53. The maximum Gasteiger partial charge on any atom is 0.159 e. The van der Waals surface area contributed by atoms with Gasteiger partial charge in [0, 0.05) is 0 Å². The van der Waals surface area contributed by atoms with E-state index in [2.05, 4.69) is 6.92 Å². The van der Waals surface area contributed by atoms with Crippen LogP contribution in [0.1, 0.15) is 45.2 Å². The molecule has 4 heteroatoms. The minimum absolute atomic E-state index is 0.624. The van der Waals surface area contributed by atoms with Crippen LogP contribution in [0.4, 0.5) is 8.78 Å². The zero-order valence-corrected chi connectivity index (χ0v) is 15.6. The Kier molecular flexibility index (Phi) is 11.7. The van der Waals surface area contributed by atoms with Crippen molar-refractivity contribution in [3.63, 3.8) is 0 Å².